The van der Waals surface area contributed by atoms with E-state index in [1.54, 1.807) is 5.57 Å². The fraction of sp³-hybridized carbons (Fsp3) is 0.238. The highest BCUT2D eigenvalue weighted by Gasteiger charge is 2.26. The molecule has 0 amide bonds. The Bertz CT molecular complexity index is 754. The minimum Gasteiger partial charge on any atom is -0.0651 e. The SMILES string of the molecule is Cc1cc(C)cc(C2=CC3C(=C2)CCc2ccccc23)c1. The molecule has 0 bridgehead atoms. The number of aryl methyl sites for hydroxylation is 3. The Morgan fingerprint density at radius 1 is 0.905 bits per heavy atom. The van der Waals surface area contributed by atoms with Gasteiger partial charge in [-0.2, -0.15) is 0 Å². The first-order chi connectivity index (χ1) is 10.2. The monoisotopic (exact) mass is 272 g/mol. The zero-order chi connectivity index (χ0) is 14.4. The van der Waals surface area contributed by atoms with E-state index >= 15 is 0 Å². The molecule has 1 unspecified atom stereocenters. The molecular formula is C21H20. The van der Waals surface area contributed by atoms with Crippen LogP contribution in [0.5, 0.6) is 0 Å². The van der Waals surface area contributed by atoms with E-state index in [2.05, 4.69) is 68.5 Å². The molecule has 0 N–H and O–H groups in total. The second-order valence-electron chi connectivity index (χ2n) is 6.39. The highest BCUT2D eigenvalue weighted by atomic mass is 14.3. The van der Waals surface area contributed by atoms with E-state index in [1.807, 2.05) is 0 Å². The van der Waals surface area contributed by atoms with Gasteiger partial charge in [0, 0.05) is 5.92 Å². The summed E-state index contributed by atoms with van der Waals surface area (Å²) in [5, 5.41) is 0. The molecule has 1 atom stereocenters. The third kappa shape index (κ3) is 2.15. The van der Waals surface area contributed by atoms with Gasteiger partial charge in [-0.1, -0.05) is 71.3 Å². The Hall–Kier alpha value is -2.08. The fourth-order valence-corrected chi connectivity index (χ4v) is 3.81. The molecule has 0 saturated heterocycles. The van der Waals surface area contributed by atoms with E-state index in [0.29, 0.717) is 5.92 Å². The maximum Gasteiger partial charge on any atom is 0.0243 e. The van der Waals surface area contributed by atoms with Crippen LogP contribution in [0.2, 0.25) is 0 Å². The Kier molecular flexibility index (Phi) is 2.85. The van der Waals surface area contributed by atoms with Crippen molar-refractivity contribution in [1.29, 1.82) is 0 Å². The second kappa shape index (κ2) is 4.73. The first kappa shape index (κ1) is 12.6. The molecule has 0 spiro atoms. The van der Waals surface area contributed by atoms with Crippen LogP contribution in [0.15, 0.2) is 60.2 Å². The molecule has 2 aromatic carbocycles. The van der Waals surface area contributed by atoms with Crippen molar-refractivity contribution in [1.82, 2.24) is 0 Å². The van der Waals surface area contributed by atoms with E-state index in [0.717, 1.165) is 0 Å². The second-order valence-corrected chi connectivity index (χ2v) is 6.39. The van der Waals surface area contributed by atoms with Crippen LogP contribution in [-0.4, -0.2) is 0 Å². The lowest BCUT2D eigenvalue weighted by atomic mass is 9.81. The topological polar surface area (TPSA) is 0 Å². The first-order valence-corrected chi connectivity index (χ1v) is 7.79. The van der Waals surface area contributed by atoms with Gasteiger partial charge in [-0.05, 0) is 49.0 Å². The van der Waals surface area contributed by atoms with Crippen molar-refractivity contribution in [3.05, 3.63) is 88.0 Å². The summed E-state index contributed by atoms with van der Waals surface area (Å²) in [6.45, 7) is 4.36. The molecule has 2 aromatic rings. The zero-order valence-corrected chi connectivity index (χ0v) is 12.7. The van der Waals surface area contributed by atoms with Crippen LogP contribution in [-0.2, 0) is 6.42 Å². The lowest BCUT2D eigenvalue weighted by molar-refractivity contribution is 0.792. The zero-order valence-electron chi connectivity index (χ0n) is 12.7. The molecule has 0 saturated carbocycles. The lowest BCUT2D eigenvalue weighted by Gasteiger charge is -2.23. The van der Waals surface area contributed by atoms with Crippen LogP contribution in [0, 0.1) is 13.8 Å². The summed E-state index contributed by atoms with van der Waals surface area (Å²) in [7, 11) is 0. The molecule has 4 rings (SSSR count). The molecular weight excluding hydrogens is 252 g/mol. The Balaban J connectivity index is 1.79. The predicted molar refractivity (Wildman–Crippen MR) is 89.5 cm³/mol. The summed E-state index contributed by atoms with van der Waals surface area (Å²) in [6, 6.07) is 15.8. The van der Waals surface area contributed by atoms with Crippen molar-refractivity contribution >= 4 is 5.57 Å². The number of fused-ring (bicyclic) bond motifs is 3. The van der Waals surface area contributed by atoms with Crippen molar-refractivity contribution in [2.75, 3.05) is 0 Å². The largest absolute Gasteiger partial charge is 0.0651 e. The fourth-order valence-electron chi connectivity index (χ4n) is 3.81. The number of hydrogen-bond donors (Lipinski definition) is 0. The summed E-state index contributed by atoms with van der Waals surface area (Å²) in [6.07, 6.45) is 7.27. The summed E-state index contributed by atoms with van der Waals surface area (Å²) < 4.78 is 0. The maximum atomic E-state index is 2.46. The maximum absolute atomic E-state index is 2.46. The van der Waals surface area contributed by atoms with Crippen LogP contribution in [0.3, 0.4) is 0 Å². The minimum absolute atomic E-state index is 0.505. The van der Waals surface area contributed by atoms with Crippen LogP contribution >= 0.6 is 0 Å². The molecule has 0 heteroatoms. The molecule has 0 aliphatic heterocycles. The quantitative estimate of drug-likeness (QED) is 0.656. The number of hydrogen-bond acceptors (Lipinski definition) is 0. The molecule has 2 aliphatic carbocycles. The highest BCUT2D eigenvalue weighted by molar-refractivity contribution is 5.80. The minimum atomic E-state index is 0.505. The molecule has 0 aromatic heterocycles. The van der Waals surface area contributed by atoms with Crippen LogP contribution in [0.25, 0.3) is 5.57 Å². The first-order valence-electron chi connectivity index (χ1n) is 7.79. The van der Waals surface area contributed by atoms with E-state index in [4.69, 9.17) is 0 Å². The van der Waals surface area contributed by atoms with Crippen molar-refractivity contribution in [2.45, 2.75) is 32.6 Å². The third-order valence-electron chi connectivity index (χ3n) is 4.71. The summed E-state index contributed by atoms with van der Waals surface area (Å²) in [5.74, 6) is 0.505. The van der Waals surface area contributed by atoms with Gasteiger partial charge >= 0.3 is 0 Å². The smallest absolute Gasteiger partial charge is 0.0243 e. The standard InChI is InChI=1S/C21H20/c1-14-9-15(2)11-18(10-14)19-12-17-8-7-16-5-3-4-6-20(16)21(17)13-19/h3-6,9-13,21H,7-8H2,1-2H3. The Labute approximate surface area is 126 Å². The van der Waals surface area contributed by atoms with Crippen LogP contribution in [0.4, 0.5) is 0 Å². The normalized spacial score (nSPS) is 19.6. The number of rotatable bonds is 1. The average molecular weight is 272 g/mol. The van der Waals surface area contributed by atoms with Crippen LogP contribution < -0.4 is 0 Å². The van der Waals surface area contributed by atoms with Gasteiger partial charge in [-0.3, -0.25) is 0 Å². The van der Waals surface area contributed by atoms with E-state index in [1.165, 1.54) is 46.2 Å². The molecule has 104 valence electrons. The molecule has 0 nitrogen and oxygen atoms in total. The molecule has 2 aliphatic rings. The van der Waals surface area contributed by atoms with Gasteiger partial charge in [0.2, 0.25) is 0 Å². The molecule has 0 fully saturated rings. The van der Waals surface area contributed by atoms with Gasteiger partial charge in [0.15, 0.2) is 0 Å². The van der Waals surface area contributed by atoms with Gasteiger partial charge in [0.25, 0.3) is 0 Å². The summed E-state index contributed by atoms with van der Waals surface area (Å²) in [4.78, 5) is 0. The number of allylic oxidation sites excluding steroid dienone is 4. The van der Waals surface area contributed by atoms with E-state index in [-0.39, 0.29) is 0 Å². The molecule has 21 heavy (non-hydrogen) atoms. The van der Waals surface area contributed by atoms with Gasteiger partial charge in [-0.15, -0.1) is 0 Å². The Morgan fingerprint density at radius 3 is 2.48 bits per heavy atom. The summed E-state index contributed by atoms with van der Waals surface area (Å²) >= 11 is 0. The predicted octanol–water partition coefficient (Wildman–Crippen LogP) is 5.36. The Morgan fingerprint density at radius 2 is 1.67 bits per heavy atom. The number of benzene rings is 2. The molecule has 0 heterocycles. The summed E-state index contributed by atoms with van der Waals surface area (Å²) in [5.41, 5.74) is 10.1. The third-order valence-corrected chi connectivity index (χ3v) is 4.71. The van der Waals surface area contributed by atoms with Crippen molar-refractivity contribution in [3.63, 3.8) is 0 Å². The van der Waals surface area contributed by atoms with E-state index in [9.17, 15) is 0 Å². The average Bonchev–Trinajstić information content (AvgIpc) is 2.91. The van der Waals surface area contributed by atoms with Gasteiger partial charge in [0.1, 0.15) is 0 Å². The molecule has 0 radical (unpaired) electrons. The van der Waals surface area contributed by atoms with Crippen molar-refractivity contribution < 1.29 is 0 Å². The van der Waals surface area contributed by atoms with Gasteiger partial charge in [0.05, 0.1) is 0 Å². The van der Waals surface area contributed by atoms with Gasteiger partial charge in [-0.25, -0.2) is 0 Å². The van der Waals surface area contributed by atoms with Gasteiger partial charge < -0.3 is 0 Å². The lowest BCUT2D eigenvalue weighted by Crippen LogP contribution is -2.08. The van der Waals surface area contributed by atoms with Crippen molar-refractivity contribution in [3.8, 4) is 0 Å². The van der Waals surface area contributed by atoms with E-state index < -0.39 is 0 Å². The highest BCUT2D eigenvalue weighted by Crippen LogP contribution is 2.44. The van der Waals surface area contributed by atoms with Crippen molar-refractivity contribution in [2.24, 2.45) is 0 Å². The van der Waals surface area contributed by atoms with Crippen LogP contribution in [0.1, 0.15) is 40.2 Å².